The molecule has 0 heterocycles. The highest BCUT2D eigenvalue weighted by Gasteiger charge is 2.34. The summed E-state index contributed by atoms with van der Waals surface area (Å²) < 4.78 is 10.4. The van der Waals surface area contributed by atoms with Gasteiger partial charge in [0.1, 0.15) is 0 Å². The van der Waals surface area contributed by atoms with Gasteiger partial charge in [-0.25, -0.2) is 0 Å². The maximum atomic E-state index is 11.9. The lowest BCUT2D eigenvalue weighted by atomic mass is 9.80. The Morgan fingerprint density at radius 2 is 2.00 bits per heavy atom. The Morgan fingerprint density at radius 3 is 2.55 bits per heavy atom. The molecule has 1 aromatic carbocycles. The minimum atomic E-state index is -0.687. The van der Waals surface area contributed by atoms with E-state index in [0.29, 0.717) is 18.0 Å². The number of carbonyl (C=O) groups is 1. The van der Waals surface area contributed by atoms with Gasteiger partial charge in [0.15, 0.2) is 11.5 Å². The molecule has 1 fully saturated rings. The molecule has 1 aromatic rings. The Hall–Kier alpha value is -1.75. The van der Waals surface area contributed by atoms with Gasteiger partial charge in [-0.2, -0.15) is 0 Å². The largest absolute Gasteiger partial charge is 0.493 e. The lowest BCUT2D eigenvalue weighted by molar-refractivity contribution is -0.122. The number of amides is 1. The molecule has 0 spiro atoms. The van der Waals surface area contributed by atoms with Crippen molar-refractivity contribution < 1.29 is 19.4 Å². The fourth-order valence-electron chi connectivity index (χ4n) is 2.26. The summed E-state index contributed by atoms with van der Waals surface area (Å²) in [6.07, 6.45) is 2.83. The molecular formula is C15H21NO4. The van der Waals surface area contributed by atoms with E-state index < -0.39 is 5.60 Å². The van der Waals surface area contributed by atoms with Crippen molar-refractivity contribution in [3.63, 3.8) is 0 Å². The number of ether oxygens (including phenoxy) is 2. The maximum Gasteiger partial charge on any atom is 0.224 e. The van der Waals surface area contributed by atoms with Crippen LogP contribution < -0.4 is 14.8 Å². The van der Waals surface area contributed by atoms with Gasteiger partial charge in [-0.3, -0.25) is 4.79 Å². The molecule has 0 bridgehead atoms. The molecular weight excluding hydrogens is 258 g/mol. The van der Waals surface area contributed by atoms with E-state index in [2.05, 4.69) is 5.32 Å². The third kappa shape index (κ3) is 3.42. The summed E-state index contributed by atoms with van der Waals surface area (Å²) in [7, 11) is 3.14. The van der Waals surface area contributed by atoms with Gasteiger partial charge in [0.05, 0.1) is 26.2 Å². The van der Waals surface area contributed by atoms with E-state index in [9.17, 15) is 9.90 Å². The fourth-order valence-corrected chi connectivity index (χ4v) is 2.26. The predicted molar refractivity (Wildman–Crippen MR) is 75.1 cm³/mol. The maximum absolute atomic E-state index is 11.9. The van der Waals surface area contributed by atoms with Gasteiger partial charge in [0.25, 0.3) is 0 Å². The van der Waals surface area contributed by atoms with Gasteiger partial charge >= 0.3 is 0 Å². The molecule has 2 rings (SSSR count). The Bertz CT molecular complexity index is 483. The van der Waals surface area contributed by atoms with Crippen molar-refractivity contribution >= 4 is 5.91 Å². The second-order valence-electron chi connectivity index (χ2n) is 5.22. The van der Waals surface area contributed by atoms with E-state index in [1.165, 1.54) is 0 Å². The molecule has 0 unspecified atom stereocenters. The van der Waals surface area contributed by atoms with Gasteiger partial charge in [-0.05, 0) is 37.0 Å². The highest BCUT2D eigenvalue weighted by atomic mass is 16.5. The second kappa shape index (κ2) is 6.13. The number of hydrogen-bond acceptors (Lipinski definition) is 4. The fraction of sp³-hybridized carbons (Fsp3) is 0.533. The lowest BCUT2D eigenvalue weighted by Gasteiger charge is -2.36. The van der Waals surface area contributed by atoms with Crippen LogP contribution in [-0.4, -0.2) is 37.4 Å². The van der Waals surface area contributed by atoms with Crippen LogP contribution in [0, 0.1) is 0 Å². The van der Waals surface area contributed by atoms with Crippen LogP contribution in [0.3, 0.4) is 0 Å². The highest BCUT2D eigenvalue weighted by molar-refractivity contribution is 5.78. The van der Waals surface area contributed by atoms with E-state index in [1.807, 2.05) is 6.07 Å². The Morgan fingerprint density at radius 1 is 1.30 bits per heavy atom. The summed E-state index contributed by atoms with van der Waals surface area (Å²) >= 11 is 0. The first kappa shape index (κ1) is 14.7. The molecule has 5 heteroatoms. The van der Waals surface area contributed by atoms with Crippen LogP contribution >= 0.6 is 0 Å². The quantitative estimate of drug-likeness (QED) is 0.823. The van der Waals surface area contributed by atoms with Gasteiger partial charge in [0, 0.05) is 6.54 Å². The number of aliphatic hydroxyl groups is 1. The summed E-state index contributed by atoms with van der Waals surface area (Å²) in [5, 5.41) is 12.7. The van der Waals surface area contributed by atoms with Crippen molar-refractivity contribution in [3.8, 4) is 11.5 Å². The predicted octanol–water partition coefficient (Wildman–Crippen LogP) is 1.28. The zero-order valence-electron chi connectivity index (χ0n) is 11.9. The zero-order chi connectivity index (χ0) is 14.6. The number of methoxy groups -OCH3 is 2. The third-order valence-corrected chi connectivity index (χ3v) is 3.71. The lowest BCUT2D eigenvalue weighted by Crippen LogP contribution is -2.48. The Kier molecular flexibility index (Phi) is 4.49. The number of rotatable bonds is 6. The van der Waals surface area contributed by atoms with Gasteiger partial charge in [-0.1, -0.05) is 6.07 Å². The van der Waals surface area contributed by atoms with E-state index in [0.717, 1.165) is 24.8 Å². The molecule has 0 aliphatic heterocycles. The smallest absolute Gasteiger partial charge is 0.224 e. The van der Waals surface area contributed by atoms with Gasteiger partial charge in [-0.15, -0.1) is 0 Å². The first-order valence-corrected chi connectivity index (χ1v) is 6.76. The molecule has 0 saturated heterocycles. The van der Waals surface area contributed by atoms with Gasteiger partial charge in [0.2, 0.25) is 5.91 Å². The van der Waals surface area contributed by atoms with E-state index >= 15 is 0 Å². The normalized spacial score (nSPS) is 16.1. The van der Waals surface area contributed by atoms with Crippen molar-refractivity contribution in [2.75, 3.05) is 20.8 Å². The van der Waals surface area contributed by atoms with Crippen LogP contribution in [0.15, 0.2) is 18.2 Å². The summed E-state index contributed by atoms with van der Waals surface area (Å²) in [6, 6.07) is 5.40. The first-order chi connectivity index (χ1) is 9.56. The highest BCUT2D eigenvalue weighted by Crippen LogP contribution is 2.30. The van der Waals surface area contributed by atoms with Crippen molar-refractivity contribution in [3.05, 3.63) is 23.8 Å². The summed E-state index contributed by atoms with van der Waals surface area (Å²) in [5.74, 6) is 1.15. The van der Waals surface area contributed by atoms with Crippen molar-refractivity contribution in [2.45, 2.75) is 31.3 Å². The van der Waals surface area contributed by atoms with Crippen molar-refractivity contribution in [1.82, 2.24) is 5.32 Å². The van der Waals surface area contributed by atoms with Crippen LogP contribution in [0.4, 0.5) is 0 Å². The van der Waals surface area contributed by atoms with E-state index in [-0.39, 0.29) is 12.3 Å². The summed E-state index contributed by atoms with van der Waals surface area (Å²) in [4.78, 5) is 11.9. The van der Waals surface area contributed by atoms with Crippen molar-refractivity contribution in [2.24, 2.45) is 0 Å². The molecule has 0 atom stereocenters. The first-order valence-electron chi connectivity index (χ1n) is 6.76. The number of benzene rings is 1. The average molecular weight is 279 g/mol. The van der Waals surface area contributed by atoms with Gasteiger partial charge < -0.3 is 19.9 Å². The molecule has 110 valence electrons. The Balaban J connectivity index is 1.90. The van der Waals surface area contributed by atoms with E-state index in [4.69, 9.17) is 9.47 Å². The van der Waals surface area contributed by atoms with Crippen LogP contribution in [-0.2, 0) is 11.2 Å². The third-order valence-electron chi connectivity index (χ3n) is 3.71. The number of nitrogens with one attached hydrogen (secondary N) is 1. The minimum Gasteiger partial charge on any atom is -0.493 e. The number of hydrogen-bond donors (Lipinski definition) is 2. The average Bonchev–Trinajstić information content (AvgIpc) is 2.43. The van der Waals surface area contributed by atoms with Crippen LogP contribution in [0.25, 0.3) is 0 Å². The van der Waals surface area contributed by atoms with Crippen molar-refractivity contribution in [1.29, 1.82) is 0 Å². The summed E-state index contributed by atoms with van der Waals surface area (Å²) in [6.45, 7) is 0.332. The monoisotopic (exact) mass is 279 g/mol. The molecule has 1 saturated carbocycles. The molecule has 1 aliphatic rings. The molecule has 1 amide bonds. The standard InChI is InChI=1S/C15H21NO4/c1-19-12-5-4-11(8-13(12)20-2)9-14(17)16-10-15(18)6-3-7-15/h4-5,8,18H,3,6-7,9-10H2,1-2H3,(H,16,17). The zero-order valence-corrected chi connectivity index (χ0v) is 11.9. The minimum absolute atomic E-state index is 0.0995. The van der Waals surface area contributed by atoms with Crippen LogP contribution in [0.5, 0.6) is 11.5 Å². The Labute approximate surface area is 118 Å². The topological polar surface area (TPSA) is 67.8 Å². The molecule has 0 aromatic heterocycles. The number of carbonyl (C=O) groups excluding carboxylic acids is 1. The van der Waals surface area contributed by atoms with Crippen LogP contribution in [0.1, 0.15) is 24.8 Å². The molecule has 5 nitrogen and oxygen atoms in total. The molecule has 20 heavy (non-hydrogen) atoms. The van der Waals surface area contributed by atoms with Crippen LogP contribution in [0.2, 0.25) is 0 Å². The van der Waals surface area contributed by atoms with E-state index in [1.54, 1.807) is 26.4 Å². The second-order valence-corrected chi connectivity index (χ2v) is 5.22. The molecule has 0 radical (unpaired) electrons. The summed E-state index contributed by atoms with van der Waals surface area (Å²) in [5.41, 5.74) is 0.161. The molecule has 1 aliphatic carbocycles. The SMILES string of the molecule is COc1ccc(CC(=O)NCC2(O)CCC2)cc1OC. The molecule has 2 N–H and O–H groups in total.